The van der Waals surface area contributed by atoms with E-state index in [-0.39, 0.29) is 28.8 Å². The van der Waals surface area contributed by atoms with Crippen LogP contribution in [0.25, 0.3) is 0 Å². The fourth-order valence-electron chi connectivity index (χ4n) is 1.91. The van der Waals surface area contributed by atoms with Gasteiger partial charge in [-0.3, -0.25) is 0 Å². The molecule has 1 aromatic rings. The summed E-state index contributed by atoms with van der Waals surface area (Å²) in [6.07, 6.45) is 1.90. The van der Waals surface area contributed by atoms with Gasteiger partial charge >= 0.3 is 5.97 Å². The molecular formula is C10H13N3O4S. The van der Waals surface area contributed by atoms with E-state index in [1.807, 2.05) is 0 Å². The standard InChI is InChI=1S/C10H13N3O4S/c14-10(15)8-1-3-12-13-9(8)11-5-7-2-4-18(16,17)6-7/h1,3,7H,2,4-6H2,(H,11,13)(H,14,15). The summed E-state index contributed by atoms with van der Waals surface area (Å²) in [4.78, 5) is 10.9. The second-order valence-corrected chi connectivity index (χ2v) is 6.48. The molecule has 2 N–H and O–H groups in total. The number of hydrogen-bond donors (Lipinski definition) is 2. The highest BCUT2D eigenvalue weighted by Crippen LogP contribution is 2.19. The quantitative estimate of drug-likeness (QED) is 0.794. The Kier molecular flexibility index (Phi) is 3.46. The Bertz CT molecular complexity index is 558. The zero-order chi connectivity index (χ0) is 13.2. The molecule has 1 atom stereocenters. The lowest BCUT2D eigenvalue weighted by molar-refractivity contribution is 0.0697. The minimum absolute atomic E-state index is 0.00125. The molecule has 2 heterocycles. The molecule has 0 saturated carbocycles. The molecule has 0 bridgehead atoms. The Morgan fingerprint density at radius 2 is 2.33 bits per heavy atom. The zero-order valence-electron chi connectivity index (χ0n) is 9.54. The van der Waals surface area contributed by atoms with E-state index in [0.717, 1.165) is 0 Å². The highest BCUT2D eigenvalue weighted by molar-refractivity contribution is 7.91. The lowest BCUT2D eigenvalue weighted by Crippen LogP contribution is -2.18. The number of aromatic carboxylic acids is 1. The SMILES string of the molecule is O=C(O)c1ccnnc1NCC1CCS(=O)(=O)C1. The number of rotatable bonds is 4. The van der Waals surface area contributed by atoms with Crippen LogP contribution in [0.5, 0.6) is 0 Å². The predicted octanol–water partition coefficient (Wildman–Crippen LogP) is 0.0214. The average Bonchev–Trinajstić information content (AvgIpc) is 2.66. The van der Waals surface area contributed by atoms with Crippen LogP contribution >= 0.6 is 0 Å². The van der Waals surface area contributed by atoms with E-state index in [1.54, 1.807) is 0 Å². The summed E-state index contributed by atoms with van der Waals surface area (Å²) in [5.74, 6) is -0.576. The van der Waals surface area contributed by atoms with Crippen molar-refractivity contribution in [1.29, 1.82) is 0 Å². The van der Waals surface area contributed by atoms with Gasteiger partial charge in [0.1, 0.15) is 5.56 Å². The Balaban J connectivity index is 2.01. The highest BCUT2D eigenvalue weighted by Gasteiger charge is 2.27. The van der Waals surface area contributed by atoms with Gasteiger partial charge in [0.25, 0.3) is 0 Å². The van der Waals surface area contributed by atoms with Crippen molar-refractivity contribution in [1.82, 2.24) is 10.2 Å². The summed E-state index contributed by atoms with van der Waals surface area (Å²) in [5.41, 5.74) is 0.0332. The smallest absolute Gasteiger partial charge is 0.339 e. The normalized spacial score (nSPS) is 21.7. The molecule has 18 heavy (non-hydrogen) atoms. The fourth-order valence-corrected chi connectivity index (χ4v) is 3.77. The predicted molar refractivity (Wildman–Crippen MR) is 64.2 cm³/mol. The first-order valence-corrected chi connectivity index (χ1v) is 7.29. The highest BCUT2D eigenvalue weighted by atomic mass is 32.2. The maximum absolute atomic E-state index is 11.3. The van der Waals surface area contributed by atoms with E-state index in [9.17, 15) is 13.2 Å². The van der Waals surface area contributed by atoms with E-state index >= 15 is 0 Å². The summed E-state index contributed by atoms with van der Waals surface area (Å²) >= 11 is 0. The minimum atomic E-state index is -2.92. The summed E-state index contributed by atoms with van der Waals surface area (Å²) in [5, 5.41) is 19.1. The van der Waals surface area contributed by atoms with Gasteiger partial charge in [-0.25, -0.2) is 13.2 Å². The number of sulfone groups is 1. The van der Waals surface area contributed by atoms with Crippen molar-refractivity contribution in [3.8, 4) is 0 Å². The zero-order valence-corrected chi connectivity index (χ0v) is 10.4. The lowest BCUT2D eigenvalue weighted by Gasteiger charge is -2.10. The molecule has 0 radical (unpaired) electrons. The number of carboxylic acids is 1. The van der Waals surface area contributed by atoms with Crippen molar-refractivity contribution in [2.75, 3.05) is 23.4 Å². The Morgan fingerprint density at radius 3 is 2.94 bits per heavy atom. The van der Waals surface area contributed by atoms with E-state index in [4.69, 9.17) is 5.11 Å². The first-order valence-electron chi connectivity index (χ1n) is 5.47. The summed E-state index contributed by atoms with van der Waals surface area (Å²) in [6, 6.07) is 1.35. The second kappa shape index (κ2) is 4.89. The molecular weight excluding hydrogens is 258 g/mol. The molecule has 98 valence electrons. The molecule has 1 aliphatic heterocycles. The van der Waals surface area contributed by atoms with Gasteiger partial charge in [-0.2, -0.15) is 5.10 Å². The van der Waals surface area contributed by atoms with Gasteiger partial charge in [0, 0.05) is 6.54 Å². The maximum Gasteiger partial charge on any atom is 0.339 e. The first kappa shape index (κ1) is 12.7. The van der Waals surface area contributed by atoms with Crippen molar-refractivity contribution in [3.63, 3.8) is 0 Å². The first-order chi connectivity index (χ1) is 8.48. The van der Waals surface area contributed by atoms with E-state index < -0.39 is 15.8 Å². The maximum atomic E-state index is 11.3. The Labute approximate surface area is 104 Å². The molecule has 1 aromatic heterocycles. The third-order valence-electron chi connectivity index (χ3n) is 2.84. The van der Waals surface area contributed by atoms with Crippen LogP contribution in [0.1, 0.15) is 16.8 Å². The van der Waals surface area contributed by atoms with Gasteiger partial charge < -0.3 is 10.4 Å². The third kappa shape index (κ3) is 2.95. The molecule has 1 aliphatic rings. The second-order valence-electron chi connectivity index (χ2n) is 4.25. The number of carbonyl (C=O) groups is 1. The Hall–Kier alpha value is -1.70. The topological polar surface area (TPSA) is 109 Å². The number of nitrogens with one attached hydrogen (secondary N) is 1. The fraction of sp³-hybridized carbons (Fsp3) is 0.500. The molecule has 1 fully saturated rings. The van der Waals surface area contributed by atoms with Gasteiger partial charge in [-0.05, 0) is 18.4 Å². The summed E-state index contributed by atoms with van der Waals surface area (Å²) < 4.78 is 22.6. The van der Waals surface area contributed by atoms with Crippen molar-refractivity contribution in [2.45, 2.75) is 6.42 Å². The summed E-state index contributed by atoms with van der Waals surface area (Å²) in [6.45, 7) is 0.387. The molecule has 7 nitrogen and oxygen atoms in total. The van der Waals surface area contributed by atoms with Crippen molar-refractivity contribution >= 4 is 21.6 Å². The minimum Gasteiger partial charge on any atom is -0.478 e. The van der Waals surface area contributed by atoms with Gasteiger partial charge in [0.15, 0.2) is 15.7 Å². The van der Waals surface area contributed by atoms with Crippen LogP contribution in [0.15, 0.2) is 12.3 Å². The summed E-state index contributed by atoms with van der Waals surface area (Å²) in [7, 11) is -2.92. The van der Waals surface area contributed by atoms with E-state index in [0.29, 0.717) is 13.0 Å². The Morgan fingerprint density at radius 1 is 1.56 bits per heavy atom. The largest absolute Gasteiger partial charge is 0.478 e. The molecule has 0 aliphatic carbocycles. The molecule has 2 rings (SSSR count). The molecule has 1 unspecified atom stereocenters. The molecule has 1 saturated heterocycles. The number of nitrogens with zero attached hydrogens (tertiary/aromatic N) is 2. The average molecular weight is 271 g/mol. The molecule has 0 aromatic carbocycles. The van der Waals surface area contributed by atoms with Gasteiger partial charge in [0.2, 0.25) is 0 Å². The molecule has 0 amide bonds. The van der Waals surface area contributed by atoms with Crippen LogP contribution in [0, 0.1) is 5.92 Å². The van der Waals surface area contributed by atoms with E-state index in [1.165, 1.54) is 12.3 Å². The molecule has 8 heteroatoms. The van der Waals surface area contributed by atoms with Crippen LogP contribution in [0.3, 0.4) is 0 Å². The van der Waals surface area contributed by atoms with Crippen molar-refractivity contribution in [2.24, 2.45) is 5.92 Å². The van der Waals surface area contributed by atoms with Crippen LogP contribution in [0.4, 0.5) is 5.82 Å². The van der Waals surface area contributed by atoms with Gasteiger partial charge in [-0.1, -0.05) is 0 Å². The number of aromatic nitrogens is 2. The monoisotopic (exact) mass is 271 g/mol. The van der Waals surface area contributed by atoms with Crippen molar-refractivity contribution in [3.05, 3.63) is 17.8 Å². The number of hydrogen-bond acceptors (Lipinski definition) is 6. The van der Waals surface area contributed by atoms with Gasteiger partial charge in [0.05, 0.1) is 17.7 Å². The van der Waals surface area contributed by atoms with Gasteiger partial charge in [-0.15, -0.1) is 5.10 Å². The van der Waals surface area contributed by atoms with Crippen LogP contribution in [-0.4, -0.2) is 47.7 Å². The third-order valence-corrected chi connectivity index (χ3v) is 4.67. The van der Waals surface area contributed by atoms with Crippen LogP contribution in [0.2, 0.25) is 0 Å². The van der Waals surface area contributed by atoms with Crippen LogP contribution in [-0.2, 0) is 9.84 Å². The molecule has 0 spiro atoms. The van der Waals surface area contributed by atoms with Crippen LogP contribution < -0.4 is 5.32 Å². The number of carboxylic acid groups (broad SMARTS) is 1. The van der Waals surface area contributed by atoms with Crippen molar-refractivity contribution < 1.29 is 18.3 Å². The number of anilines is 1. The lowest BCUT2D eigenvalue weighted by atomic mass is 10.1. The van der Waals surface area contributed by atoms with E-state index in [2.05, 4.69) is 15.5 Å².